The number of halogens is 3. The van der Waals surface area contributed by atoms with Crippen molar-refractivity contribution >= 4 is 11.6 Å². The van der Waals surface area contributed by atoms with Gasteiger partial charge in [0, 0.05) is 44.3 Å². The van der Waals surface area contributed by atoms with Crippen molar-refractivity contribution in [3.05, 3.63) is 95.9 Å². The summed E-state index contributed by atoms with van der Waals surface area (Å²) in [4.78, 5) is 17.1. The fourth-order valence-electron chi connectivity index (χ4n) is 4.31. The van der Waals surface area contributed by atoms with Crippen LogP contribution in [0.2, 0.25) is 0 Å². The Labute approximate surface area is 200 Å². The van der Waals surface area contributed by atoms with Gasteiger partial charge in [-0.3, -0.25) is 4.79 Å². The van der Waals surface area contributed by atoms with Gasteiger partial charge in [0.05, 0.1) is 17.4 Å². The second-order valence-electron chi connectivity index (χ2n) is 8.55. The van der Waals surface area contributed by atoms with Crippen molar-refractivity contribution in [1.29, 1.82) is 0 Å². The standard InChI is InChI=1S/C26H24F3N5O/c1-19-7-9-21(10-8-19)34-24(32-11-2-3-12-32)23(18-30-34)25(35)33-15-13-31(14-16-33)22-6-4-5-20(17-22)26(27,28)29/h2-12,17-18H,13-16H2,1H3. The monoisotopic (exact) mass is 479 g/mol. The highest BCUT2D eigenvalue weighted by atomic mass is 19.4. The zero-order chi connectivity index (χ0) is 24.6. The average molecular weight is 480 g/mol. The molecule has 2 aromatic heterocycles. The third-order valence-electron chi connectivity index (χ3n) is 6.21. The molecule has 0 N–H and O–H groups in total. The average Bonchev–Trinajstić information content (AvgIpc) is 3.54. The van der Waals surface area contributed by atoms with Crippen molar-refractivity contribution in [3.63, 3.8) is 0 Å². The smallest absolute Gasteiger partial charge is 0.368 e. The Morgan fingerprint density at radius 2 is 1.57 bits per heavy atom. The molecule has 1 saturated heterocycles. The molecular weight excluding hydrogens is 455 g/mol. The van der Waals surface area contributed by atoms with Gasteiger partial charge in [-0.2, -0.15) is 18.3 Å². The lowest BCUT2D eigenvalue weighted by molar-refractivity contribution is -0.137. The fraction of sp³-hybridized carbons (Fsp3) is 0.231. The Balaban J connectivity index is 1.38. The molecule has 2 aromatic carbocycles. The summed E-state index contributed by atoms with van der Waals surface area (Å²) in [6, 6.07) is 17.0. The van der Waals surface area contributed by atoms with E-state index < -0.39 is 11.7 Å². The first kappa shape index (κ1) is 22.8. The topological polar surface area (TPSA) is 46.3 Å². The van der Waals surface area contributed by atoms with Gasteiger partial charge in [-0.05, 0) is 49.4 Å². The minimum Gasteiger partial charge on any atom is -0.368 e. The Morgan fingerprint density at radius 3 is 2.23 bits per heavy atom. The van der Waals surface area contributed by atoms with Gasteiger partial charge in [-0.1, -0.05) is 23.8 Å². The van der Waals surface area contributed by atoms with Gasteiger partial charge >= 0.3 is 6.18 Å². The molecule has 1 aliphatic heterocycles. The highest BCUT2D eigenvalue weighted by Gasteiger charge is 2.32. The Bertz CT molecular complexity index is 1320. The van der Waals surface area contributed by atoms with Gasteiger partial charge in [0.1, 0.15) is 5.56 Å². The van der Waals surface area contributed by atoms with E-state index in [9.17, 15) is 18.0 Å². The van der Waals surface area contributed by atoms with Crippen LogP contribution >= 0.6 is 0 Å². The van der Waals surface area contributed by atoms with Gasteiger partial charge in [0.15, 0.2) is 5.82 Å². The largest absolute Gasteiger partial charge is 0.416 e. The predicted molar refractivity (Wildman–Crippen MR) is 127 cm³/mol. The normalized spacial score (nSPS) is 14.4. The number of aromatic nitrogens is 3. The van der Waals surface area contributed by atoms with Crippen molar-refractivity contribution in [2.24, 2.45) is 0 Å². The highest BCUT2D eigenvalue weighted by molar-refractivity contribution is 5.97. The van der Waals surface area contributed by atoms with Crippen LogP contribution in [0.25, 0.3) is 11.5 Å². The number of nitrogens with zero attached hydrogens (tertiary/aromatic N) is 5. The number of aryl methyl sites for hydroxylation is 1. The van der Waals surface area contributed by atoms with Crippen LogP contribution in [-0.4, -0.2) is 51.3 Å². The first-order valence-corrected chi connectivity index (χ1v) is 11.3. The van der Waals surface area contributed by atoms with E-state index in [1.807, 2.05) is 65.2 Å². The van der Waals surface area contributed by atoms with Crippen molar-refractivity contribution in [1.82, 2.24) is 19.2 Å². The quantitative estimate of drug-likeness (QED) is 0.416. The molecule has 3 heterocycles. The molecule has 0 radical (unpaired) electrons. The molecule has 4 aromatic rings. The first-order valence-electron chi connectivity index (χ1n) is 11.3. The molecule has 0 bridgehead atoms. The van der Waals surface area contributed by atoms with Crippen LogP contribution < -0.4 is 4.90 Å². The van der Waals surface area contributed by atoms with Crippen LogP contribution in [0.15, 0.2) is 79.3 Å². The van der Waals surface area contributed by atoms with Crippen molar-refractivity contribution < 1.29 is 18.0 Å². The van der Waals surface area contributed by atoms with Crippen LogP contribution in [0.4, 0.5) is 18.9 Å². The molecule has 0 saturated carbocycles. The van der Waals surface area contributed by atoms with Crippen LogP contribution in [0.5, 0.6) is 0 Å². The van der Waals surface area contributed by atoms with Crippen LogP contribution in [0, 0.1) is 6.92 Å². The SMILES string of the molecule is Cc1ccc(-n2ncc(C(=O)N3CCN(c4cccc(C(F)(F)F)c4)CC3)c2-n2cccc2)cc1. The molecule has 1 aliphatic rings. The van der Waals surface area contributed by atoms with Crippen LogP contribution in [0.3, 0.4) is 0 Å². The molecular formula is C26H24F3N5O. The van der Waals surface area contributed by atoms with Gasteiger partial charge in [-0.15, -0.1) is 0 Å². The summed E-state index contributed by atoms with van der Waals surface area (Å²) in [7, 11) is 0. The van der Waals surface area contributed by atoms with Gasteiger partial charge in [0.2, 0.25) is 0 Å². The molecule has 35 heavy (non-hydrogen) atoms. The van der Waals surface area contributed by atoms with E-state index in [2.05, 4.69) is 5.10 Å². The summed E-state index contributed by atoms with van der Waals surface area (Å²) < 4.78 is 42.9. The molecule has 9 heteroatoms. The van der Waals surface area contributed by atoms with Crippen molar-refractivity contribution in [2.75, 3.05) is 31.1 Å². The van der Waals surface area contributed by atoms with E-state index in [1.165, 1.54) is 6.07 Å². The molecule has 6 nitrogen and oxygen atoms in total. The lowest BCUT2D eigenvalue weighted by Crippen LogP contribution is -2.49. The number of carbonyl (C=O) groups excluding carboxylic acids is 1. The summed E-state index contributed by atoms with van der Waals surface area (Å²) in [5, 5.41) is 4.51. The Morgan fingerprint density at radius 1 is 0.886 bits per heavy atom. The highest BCUT2D eigenvalue weighted by Crippen LogP contribution is 2.32. The van der Waals surface area contributed by atoms with E-state index >= 15 is 0 Å². The second-order valence-corrected chi connectivity index (χ2v) is 8.55. The van der Waals surface area contributed by atoms with E-state index in [4.69, 9.17) is 0 Å². The number of alkyl halides is 3. The van der Waals surface area contributed by atoms with Gasteiger partial charge in [-0.25, -0.2) is 4.68 Å². The van der Waals surface area contributed by atoms with Gasteiger partial charge in [0.25, 0.3) is 5.91 Å². The number of benzene rings is 2. The summed E-state index contributed by atoms with van der Waals surface area (Å²) >= 11 is 0. The zero-order valence-electron chi connectivity index (χ0n) is 19.1. The van der Waals surface area contributed by atoms with Crippen LogP contribution in [-0.2, 0) is 6.18 Å². The lowest BCUT2D eigenvalue weighted by atomic mass is 10.1. The fourth-order valence-corrected chi connectivity index (χ4v) is 4.31. The number of anilines is 1. The third kappa shape index (κ3) is 4.53. The molecule has 1 fully saturated rings. The van der Waals surface area contributed by atoms with Gasteiger partial charge < -0.3 is 14.4 Å². The summed E-state index contributed by atoms with van der Waals surface area (Å²) in [5.74, 6) is 0.486. The number of rotatable bonds is 4. The second kappa shape index (κ2) is 8.98. The third-order valence-corrected chi connectivity index (χ3v) is 6.21. The Kier molecular flexibility index (Phi) is 5.84. The zero-order valence-corrected chi connectivity index (χ0v) is 19.1. The van der Waals surface area contributed by atoms with Crippen molar-refractivity contribution in [3.8, 4) is 11.5 Å². The molecule has 1 amide bonds. The number of carbonyl (C=O) groups is 1. The summed E-state index contributed by atoms with van der Waals surface area (Å²) in [6.45, 7) is 3.69. The number of hydrogen-bond acceptors (Lipinski definition) is 3. The lowest BCUT2D eigenvalue weighted by Gasteiger charge is -2.36. The maximum Gasteiger partial charge on any atom is 0.416 e. The molecule has 5 rings (SSSR count). The summed E-state index contributed by atoms with van der Waals surface area (Å²) in [5.41, 5.74) is 2.26. The van der Waals surface area contributed by atoms with E-state index in [-0.39, 0.29) is 5.91 Å². The number of piperazine rings is 1. The first-order chi connectivity index (χ1) is 16.8. The maximum atomic E-state index is 13.5. The molecule has 0 atom stereocenters. The number of hydrogen-bond donors (Lipinski definition) is 0. The summed E-state index contributed by atoms with van der Waals surface area (Å²) in [6.07, 6.45) is 0.922. The Hall–Kier alpha value is -4.01. The molecule has 0 spiro atoms. The maximum absolute atomic E-state index is 13.5. The van der Waals surface area contributed by atoms with E-state index in [0.717, 1.165) is 23.4 Å². The van der Waals surface area contributed by atoms with Crippen molar-refractivity contribution in [2.45, 2.75) is 13.1 Å². The molecule has 0 unspecified atom stereocenters. The minimum absolute atomic E-state index is 0.157. The molecule has 0 aliphatic carbocycles. The predicted octanol–water partition coefficient (Wildman–Crippen LogP) is 4.95. The minimum atomic E-state index is -4.39. The molecule has 180 valence electrons. The van der Waals surface area contributed by atoms with E-state index in [1.54, 1.807) is 21.8 Å². The van der Waals surface area contributed by atoms with Crippen LogP contribution in [0.1, 0.15) is 21.5 Å². The number of amides is 1. The van der Waals surface area contributed by atoms with E-state index in [0.29, 0.717) is 43.2 Å².